The molecular weight excluding hydrogens is 352 g/mol. The van der Waals surface area contributed by atoms with Gasteiger partial charge in [0.05, 0.1) is 17.2 Å². The molecule has 1 amide bonds. The number of amides is 1. The molecule has 0 atom stereocenters. The van der Waals surface area contributed by atoms with Crippen molar-refractivity contribution in [1.29, 1.82) is 0 Å². The van der Waals surface area contributed by atoms with E-state index in [9.17, 15) is 4.79 Å². The molecule has 0 unspecified atom stereocenters. The molecule has 2 N–H and O–H groups in total. The Kier molecular flexibility index (Phi) is 5.66. The lowest BCUT2D eigenvalue weighted by Gasteiger charge is -2.08. The predicted octanol–water partition coefficient (Wildman–Crippen LogP) is 4.52. The summed E-state index contributed by atoms with van der Waals surface area (Å²) in [5.41, 5.74) is 1.24. The molecule has 0 aliphatic carbocycles. The number of carbonyl (C=O) groups excluding carboxylic acids is 1. The molecule has 0 spiro atoms. The molecule has 1 heterocycles. The zero-order valence-electron chi connectivity index (χ0n) is 14.1. The topological polar surface area (TPSA) is 76.1 Å². The Balaban J connectivity index is 1.63. The molecule has 2 aromatic carbocycles. The summed E-state index contributed by atoms with van der Waals surface area (Å²) >= 11 is 6.02. The molecule has 0 bridgehead atoms. The second-order valence-electron chi connectivity index (χ2n) is 5.32. The van der Waals surface area contributed by atoms with Crippen molar-refractivity contribution in [1.82, 2.24) is 10.2 Å². The molecule has 1 aromatic heterocycles. The van der Waals surface area contributed by atoms with Crippen molar-refractivity contribution < 1.29 is 9.53 Å². The maximum absolute atomic E-state index is 12.2. The van der Waals surface area contributed by atoms with Gasteiger partial charge in [-0.2, -0.15) is 0 Å². The van der Waals surface area contributed by atoms with Crippen molar-refractivity contribution in [3.05, 3.63) is 71.2 Å². The van der Waals surface area contributed by atoms with E-state index >= 15 is 0 Å². The highest BCUT2D eigenvalue weighted by molar-refractivity contribution is 6.34. The minimum absolute atomic E-state index is 0.336. The van der Waals surface area contributed by atoms with Gasteiger partial charge in [0.1, 0.15) is 5.75 Å². The molecule has 26 heavy (non-hydrogen) atoms. The first-order chi connectivity index (χ1) is 12.7. The number of nitrogens with zero attached hydrogens (tertiary/aromatic N) is 2. The number of halogens is 1. The maximum atomic E-state index is 12.2. The van der Waals surface area contributed by atoms with E-state index in [0.29, 0.717) is 28.8 Å². The molecule has 0 saturated carbocycles. The summed E-state index contributed by atoms with van der Waals surface area (Å²) in [5.74, 6) is 1.37. The largest absolute Gasteiger partial charge is 0.494 e. The minimum atomic E-state index is -0.336. The second kappa shape index (κ2) is 8.31. The van der Waals surface area contributed by atoms with E-state index in [2.05, 4.69) is 20.8 Å². The van der Waals surface area contributed by atoms with E-state index in [1.807, 2.05) is 31.2 Å². The maximum Gasteiger partial charge on any atom is 0.258 e. The van der Waals surface area contributed by atoms with Gasteiger partial charge in [0, 0.05) is 5.69 Å². The Bertz CT molecular complexity index is 883. The fraction of sp³-hybridized carbons (Fsp3) is 0.105. The summed E-state index contributed by atoms with van der Waals surface area (Å²) in [6, 6.07) is 17.7. The summed E-state index contributed by atoms with van der Waals surface area (Å²) in [4.78, 5) is 12.2. The van der Waals surface area contributed by atoms with Crippen LogP contribution in [0.15, 0.2) is 60.7 Å². The lowest BCUT2D eigenvalue weighted by atomic mass is 10.2. The number of hydrogen-bond acceptors (Lipinski definition) is 5. The Morgan fingerprint density at radius 1 is 1.00 bits per heavy atom. The van der Waals surface area contributed by atoms with Gasteiger partial charge in [0.2, 0.25) is 0 Å². The first-order valence-corrected chi connectivity index (χ1v) is 8.43. The van der Waals surface area contributed by atoms with Crippen LogP contribution in [0.1, 0.15) is 17.3 Å². The van der Waals surface area contributed by atoms with Gasteiger partial charge in [-0.15, -0.1) is 10.2 Å². The lowest BCUT2D eigenvalue weighted by molar-refractivity contribution is 0.102. The van der Waals surface area contributed by atoms with Gasteiger partial charge in [0.15, 0.2) is 11.6 Å². The van der Waals surface area contributed by atoms with E-state index in [1.165, 1.54) is 0 Å². The first-order valence-electron chi connectivity index (χ1n) is 8.05. The Labute approximate surface area is 156 Å². The van der Waals surface area contributed by atoms with Crippen LogP contribution >= 0.6 is 11.6 Å². The third-order valence-corrected chi connectivity index (χ3v) is 3.79. The summed E-state index contributed by atoms with van der Waals surface area (Å²) < 4.78 is 5.40. The van der Waals surface area contributed by atoms with Crippen molar-refractivity contribution in [3.63, 3.8) is 0 Å². The van der Waals surface area contributed by atoms with Gasteiger partial charge in [-0.05, 0) is 55.5 Å². The van der Waals surface area contributed by atoms with E-state index in [4.69, 9.17) is 16.3 Å². The molecule has 7 heteroatoms. The number of rotatable bonds is 6. The number of ether oxygens (including phenoxy) is 1. The van der Waals surface area contributed by atoms with Crippen molar-refractivity contribution in [2.45, 2.75) is 6.92 Å². The molecule has 3 rings (SSSR count). The van der Waals surface area contributed by atoms with Crippen LogP contribution in [0.3, 0.4) is 0 Å². The summed E-state index contributed by atoms with van der Waals surface area (Å²) in [7, 11) is 0. The molecule has 0 fully saturated rings. The highest BCUT2D eigenvalue weighted by Crippen LogP contribution is 2.20. The molecule has 0 aliphatic heterocycles. The predicted molar refractivity (Wildman–Crippen MR) is 102 cm³/mol. The van der Waals surface area contributed by atoms with E-state index in [0.717, 1.165) is 11.4 Å². The normalized spacial score (nSPS) is 10.2. The van der Waals surface area contributed by atoms with Gasteiger partial charge in [-0.3, -0.25) is 4.79 Å². The summed E-state index contributed by atoms with van der Waals surface area (Å²) in [6.07, 6.45) is 0. The molecule has 0 radical (unpaired) electrons. The van der Waals surface area contributed by atoms with Gasteiger partial charge in [-0.25, -0.2) is 0 Å². The van der Waals surface area contributed by atoms with Crippen LogP contribution in [-0.2, 0) is 0 Å². The number of benzene rings is 2. The van der Waals surface area contributed by atoms with Crippen molar-refractivity contribution in [3.8, 4) is 5.75 Å². The Morgan fingerprint density at radius 2 is 1.69 bits per heavy atom. The van der Waals surface area contributed by atoms with E-state index in [-0.39, 0.29) is 5.91 Å². The van der Waals surface area contributed by atoms with Crippen LogP contribution in [-0.4, -0.2) is 22.7 Å². The number of nitrogens with one attached hydrogen (secondary N) is 2. The van der Waals surface area contributed by atoms with Gasteiger partial charge in [-0.1, -0.05) is 23.7 Å². The zero-order chi connectivity index (χ0) is 18.4. The summed E-state index contributed by atoms with van der Waals surface area (Å²) in [5, 5.41) is 14.2. The summed E-state index contributed by atoms with van der Waals surface area (Å²) in [6.45, 7) is 2.56. The SMILES string of the molecule is CCOc1ccc(Nc2ccc(NC(=O)c3ccccc3Cl)nn2)cc1. The van der Waals surface area contributed by atoms with Crippen molar-refractivity contribution in [2.24, 2.45) is 0 Å². The third kappa shape index (κ3) is 4.49. The highest BCUT2D eigenvalue weighted by Gasteiger charge is 2.10. The smallest absolute Gasteiger partial charge is 0.258 e. The monoisotopic (exact) mass is 368 g/mol. The van der Waals surface area contributed by atoms with Crippen LogP contribution < -0.4 is 15.4 Å². The molecule has 6 nitrogen and oxygen atoms in total. The standard InChI is InChI=1S/C19H17ClN4O2/c1-2-26-14-9-7-13(8-10-14)21-17-11-12-18(24-23-17)22-19(25)15-5-3-4-6-16(15)20/h3-12H,2H2,1H3,(H,21,23)(H,22,24,25). The molecule has 132 valence electrons. The average Bonchev–Trinajstić information content (AvgIpc) is 2.65. The van der Waals surface area contributed by atoms with Crippen LogP contribution in [0, 0.1) is 0 Å². The van der Waals surface area contributed by atoms with E-state index in [1.54, 1.807) is 36.4 Å². The number of hydrogen-bond donors (Lipinski definition) is 2. The minimum Gasteiger partial charge on any atom is -0.494 e. The fourth-order valence-electron chi connectivity index (χ4n) is 2.24. The van der Waals surface area contributed by atoms with Gasteiger partial charge in [0.25, 0.3) is 5.91 Å². The number of anilines is 3. The third-order valence-electron chi connectivity index (χ3n) is 3.46. The second-order valence-corrected chi connectivity index (χ2v) is 5.73. The van der Waals surface area contributed by atoms with Crippen LogP contribution in [0.4, 0.5) is 17.3 Å². The molecule has 0 aliphatic rings. The quantitative estimate of drug-likeness (QED) is 0.668. The van der Waals surface area contributed by atoms with Crippen LogP contribution in [0.2, 0.25) is 5.02 Å². The van der Waals surface area contributed by atoms with Crippen molar-refractivity contribution >= 4 is 34.8 Å². The Hall–Kier alpha value is -3.12. The lowest BCUT2D eigenvalue weighted by Crippen LogP contribution is -2.14. The van der Waals surface area contributed by atoms with Gasteiger partial charge >= 0.3 is 0 Å². The molecular formula is C19H17ClN4O2. The average molecular weight is 369 g/mol. The highest BCUT2D eigenvalue weighted by atomic mass is 35.5. The Morgan fingerprint density at radius 3 is 2.35 bits per heavy atom. The molecule has 3 aromatic rings. The molecule has 0 saturated heterocycles. The number of carbonyl (C=O) groups is 1. The zero-order valence-corrected chi connectivity index (χ0v) is 14.8. The first kappa shape index (κ1) is 17.7. The number of aromatic nitrogens is 2. The van der Waals surface area contributed by atoms with Gasteiger partial charge < -0.3 is 15.4 Å². The van der Waals surface area contributed by atoms with Crippen molar-refractivity contribution in [2.75, 3.05) is 17.2 Å². The van der Waals surface area contributed by atoms with E-state index < -0.39 is 0 Å². The van der Waals surface area contributed by atoms with Crippen LogP contribution in [0.5, 0.6) is 5.75 Å². The fourth-order valence-corrected chi connectivity index (χ4v) is 2.47. The van der Waals surface area contributed by atoms with Crippen LogP contribution in [0.25, 0.3) is 0 Å².